The van der Waals surface area contributed by atoms with Crippen molar-refractivity contribution >= 4 is 52.0 Å². The first-order chi connectivity index (χ1) is 30.3. The number of halogens is 2. The zero-order valence-electron chi connectivity index (χ0n) is 34.8. The third kappa shape index (κ3) is 11.2. The number of hydrogen-bond acceptors (Lipinski definition) is 12. The molecule has 2 aromatic heterocycles. The molecular formula is C48H52F2N8O4. The normalized spacial score (nSPS) is 15.5. The molecule has 2 fully saturated rings. The average molecular weight is 843 g/mol. The zero-order chi connectivity index (χ0) is 43.2. The highest BCUT2D eigenvalue weighted by Gasteiger charge is 2.36. The lowest BCUT2D eigenvalue weighted by Crippen LogP contribution is -2.45. The number of hydrogen-bond donors (Lipinski definition) is 1. The molecule has 2 saturated heterocycles. The molecule has 0 bridgehead atoms. The highest BCUT2D eigenvalue weighted by Crippen LogP contribution is 2.36. The summed E-state index contributed by atoms with van der Waals surface area (Å²) >= 11 is 0. The molecule has 12 nitrogen and oxygen atoms in total. The second-order valence-corrected chi connectivity index (χ2v) is 15.2. The van der Waals surface area contributed by atoms with E-state index >= 15 is 4.39 Å². The van der Waals surface area contributed by atoms with E-state index < -0.39 is 23.9 Å². The molecular weight excluding hydrogens is 791 g/mol. The molecule has 1 N–H and O–H groups in total. The number of nitrogens with zero attached hydrogens (tertiary/aromatic N) is 8. The van der Waals surface area contributed by atoms with Gasteiger partial charge in [-0.15, -0.1) is 0 Å². The summed E-state index contributed by atoms with van der Waals surface area (Å²) in [6.45, 7) is 3.19. The van der Waals surface area contributed by atoms with E-state index in [0.29, 0.717) is 49.5 Å². The molecule has 8 rings (SSSR count). The molecule has 4 heterocycles. The summed E-state index contributed by atoms with van der Waals surface area (Å²) in [5.41, 5.74) is 0.958. The van der Waals surface area contributed by atoms with Crippen LogP contribution in [0.2, 0.25) is 0 Å². The second kappa shape index (κ2) is 20.8. The Morgan fingerprint density at radius 3 is 1.34 bits per heavy atom. The van der Waals surface area contributed by atoms with Crippen LogP contribution < -0.4 is 19.6 Å². The molecule has 62 heavy (non-hydrogen) atoms. The number of benzene rings is 4. The summed E-state index contributed by atoms with van der Waals surface area (Å²) in [6, 6.07) is 40.0. The summed E-state index contributed by atoms with van der Waals surface area (Å²) < 4.78 is 39.6. The van der Waals surface area contributed by atoms with Crippen LogP contribution in [0.4, 0.5) is 54.8 Å². The van der Waals surface area contributed by atoms with Crippen molar-refractivity contribution in [3.8, 4) is 0 Å². The molecule has 0 amide bonds. The van der Waals surface area contributed by atoms with Crippen molar-refractivity contribution in [2.75, 3.05) is 72.2 Å². The van der Waals surface area contributed by atoms with E-state index in [9.17, 15) is 14.3 Å². The van der Waals surface area contributed by atoms with Crippen molar-refractivity contribution in [2.24, 2.45) is 0 Å². The Kier molecular flexibility index (Phi) is 14.6. The summed E-state index contributed by atoms with van der Waals surface area (Å²) in [4.78, 5) is 38.1. The van der Waals surface area contributed by atoms with Crippen molar-refractivity contribution in [1.82, 2.24) is 19.9 Å². The van der Waals surface area contributed by atoms with Gasteiger partial charge in [0.25, 0.3) is 0 Å². The van der Waals surface area contributed by atoms with E-state index in [1.54, 1.807) is 31.7 Å². The van der Waals surface area contributed by atoms with Gasteiger partial charge in [0, 0.05) is 74.6 Å². The third-order valence-corrected chi connectivity index (χ3v) is 10.9. The van der Waals surface area contributed by atoms with E-state index in [2.05, 4.69) is 9.97 Å². The Morgan fingerprint density at radius 1 is 0.613 bits per heavy atom. The number of carbonyl (C=O) groups excluding carboxylic acids is 1. The summed E-state index contributed by atoms with van der Waals surface area (Å²) in [5.74, 6) is 2.33. The summed E-state index contributed by atoms with van der Waals surface area (Å²) in [5, 5.41) is 9.25. The molecule has 2 aliphatic rings. The van der Waals surface area contributed by atoms with Crippen LogP contribution in [-0.4, -0.2) is 95.0 Å². The van der Waals surface area contributed by atoms with Gasteiger partial charge < -0.3 is 24.4 Å². The Balaban J connectivity index is 0.000000190. The van der Waals surface area contributed by atoms with E-state index in [-0.39, 0.29) is 45.5 Å². The maximum atomic E-state index is 15.2. The number of aliphatic hydroxyl groups is 1. The van der Waals surface area contributed by atoms with Crippen molar-refractivity contribution < 1.29 is 28.2 Å². The Hall–Kier alpha value is -6.51. The van der Waals surface area contributed by atoms with Crippen molar-refractivity contribution in [1.29, 1.82) is 0 Å². The fraction of sp³-hybridized carbons (Fsp3) is 0.312. The first-order valence-electron chi connectivity index (χ1n) is 20.9. The third-order valence-electron chi connectivity index (χ3n) is 10.9. The smallest absolute Gasteiger partial charge is 0.332 e. The van der Waals surface area contributed by atoms with Crippen LogP contribution in [0, 0.1) is 0 Å². The lowest BCUT2D eigenvalue weighted by molar-refractivity contribution is -0.150. The largest absolute Gasteiger partial charge is 0.464 e. The number of alkyl halides is 2. The molecule has 0 spiro atoms. The van der Waals surface area contributed by atoms with E-state index in [1.807, 2.05) is 141 Å². The number of carbonyl (C=O) groups is 1. The van der Waals surface area contributed by atoms with Gasteiger partial charge in [-0.25, -0.2) is 23.5 Å². The van der Waals surface area contributed by atoms with E-state index in [1.165, 1.54) is 0 Å². The molecule has 6 aromatic rings. The van der Waals surface area contributed by atoms with Gasteiger partial charge in [0.1, 0.15) is 29.6 Å². The number of esters is 1. The molecule has 0 atom stereocenters. The topological polar surface area (TPSA) is 120 Å². The number of aliphatic hydroxyl groups excluding tert-OH is 1. The molecule has 0 radical (unpaired) electrons. The van der Waals surface area contributed by atoms with Crippen LogP contribution in [0.15, 0.2) is 146 Å². The highest BCUT2D eigenvalue weighted by molar-refractivity contribution is 5.75. The van der Waals surface area contributed by atoms with Gasteiger partial charge in [0.2, 0.25) is 0 Å². The molecule has 0 saturated carbocycles. The number of ether oxygens (including phenoxy) is 2. The molecule has 0 unspecified atom stereocenters. The van der Waals surface area contributed by atoms with E-state index in [0.717, 1.165) is 22.7 Å². The predicted molar refractivity (Wildman–Crippen MR) is 239 cm³/mol. The number of para-hydroxylation sites is 4. The fourth-order valence-electron chi connectivity index (χ4n) is 7.44. The Labute approximate surface area is 361 Å². The number of piperidine rings is 2. The maximum Gasteiger partial charge on any atom is 0.332 e. The van der Waals surface area contributed by atoms with Gasteiger partial charge in [0.15, 0.2) is 11.6 Å². The predicted octanol–water partition coefficient (Wildman–Crippen LogP) is 9.08. The van der Waals surface area contributed by atoms with Gasteiger partial charge in [-0.2, -0.15) is 0 Å². The van der Waals surface area contributed by atoms with Crippen LogP contribution in [0.25, 0.3) is 0 Å². The molecule has 4 aromatic carbocycles. The quantitative estimate of drug-likeness (QED) is 0.105. The summed E-state index contributed by atoms with van der Waals surface area (Å²) in [6.07, 6.45) is 8.03. The van der Waals surface area contributed by atoms with Gasteiger partial charge >= 0.3 is 5.97 Å². The van der Waals surface area contributed by atoms with Crippen LogP contribution in [0.3, 0.4) is 0 Å². The highest BCUT2D eigenvalue weighted by atomic mass is 19.1. The first-order valence-corrected chi connectivity index (χ1v) is 20.9. The minimum absolute atomic E-state index is 0.124. The SMILES string of the molecule is CCOC(=O)COCC1(F)CCN(c2cncc(N(c3ccccc3)c3ccccc3)n2)CC1.OCC1(F)CCN(c2cncc(N(c3ccccc3)c3ccccc3)n2)CC1. The van der Waals surface area contributed by atoms with Crippen LogP contribution in [0.5, 0.6) is 0 Å². The fourth-order valence-corrected chi connectivity index (χ4v) is 7.44. The molecule has 322 valence electrons. The van der Waals surface area contributed by atoms with Gasteiger partial charge in [-0.05, 0) is 55.5 Å². The molecule has 2 aliphatic heterocycles. The van der Waals surface area contributed by atoms with Crippen molar-refractivity contribution in [2.45, 2.75) is 43.9 Å². The standard InChI is InChI=1S/C26H29FN4O3.C22H23FN4O/c1-2-34-25(32)19-33-20-26(27)13-15-30(16-14-26)23-17-28-18-24(29-23)31(21-9-5-3-6-10-21)22-11-7-4-8-12-22;23-22(17-28)11-13-26(14-12-22)20-15-24-16-21(25-20)27(18-7-3-1-4-8-18)19-9-5-2-6-10-19/h3-12,17-18H,2,13-16,19-20H2,1H3;1-10,15-16,28H,11-14,17H2. The maximum absolute atomic E-state index is 15.2. The average Bonchev–Trinajstić information content (AvgIpc) is 3.32. The lowest BCUT2D eigenvalue weighted by atomic mass is 9.94. The summed E-state index contributed by atoms with van der Waals surface area (Å²) in [7, 11) is 0. The number of aromatic nitrogens is 4. The van der Waals surface area contributed by atoms with E-state index in [4.69, 9.17) is 19.4 Å². The minimum atomic E-state index is -1.48. The van der Waals surface area contributed by atoms with Crippen molar-refractivity contribution in [3.63, 3.8) is 0 Å². The van der Waals surface area contributed by atoms with Gasteiger partial charge in [-0.1, -0.05) is 72.8 Å². The second-order valence-electron chi connectivity index (χ2n) is 15.2. The molecule has 0 aliphatic carbocycles. The van der Waals surface area contributed by atoms with Gasteiger partial charge in [-0.3, -0.25) is 19.8 Å². The minimum Gasteiger partial charge on any atom is -0.464 e. The first kappa shape index (κ1) is 43.6. The Bertz CT molecular complexity index is 2200. The van der Waals surface area contributed by atoms with Crippen LogP contribution in [0.1, 0.15) is 32.6 Å². The Morgan fingerprint density at radius 2 is 0.984 bits per heavy atom. The van der Waals surface area contributed by atoms with Crippen LogP contribution >= 0.6 is 0 Å². The lowest BCUT2D eigenvalue weighted by Gasteiger charge is -2.37. The van der Waals surface area contributed by atoms with Crippen molar-refractivity contribution in [3.05, 3.63) is 146 Å². The number of rotatable bonds is 14. The zero-order valence-corrected chi connectivity index (χ0v) is 34.8. The van der Waals surface area contributed by atoms with Crippen LogP contribution in [-0.2, 0) is 14.3 Å². The number of anilines is 8. The van der Waals surface area contributed by atoms with Gasteiger partial charge in [0.05, 0.1) is 44.6 Å². The molecule has 14 heteroatoms. The monoisotopic (exact) mass is 842 g/mol.